The fourth-order valence-electron chi connectivity index (χ4n) is 3.18. The van der Waals surface area contributed by atoms with Crippen LogP contribution >= 0.6 is 0 Å². The first-order valence-corrected chi connectivity index (χ1v) is 15.7. The number of rotatable bonds is 17. The van der Waals surface area contributed by atoms with E-state index in [-0.39, 0.29) is 0 Å². The van der Waals surface area contributed by atoms with Crippen molar-refractivity contribution in [3.63, 3.8) is 0 Å². The highest BCUT2D eigenvalue weighted by atomic mass is 28.4. The third kappa shape index (κ3) is 11.8. The van der Waals surface area contributed by atoms with Gasteiger partial charge in [0.15, 0.2) is 0 Å². The summed E-state index contributed by atoms with van der Waals surface area (Å²) in [7, 11) is -3.62. The Morgan fingerprint density at radius 1 is 0.542 bits per heavy atom. The summed E-state index contributed by atoms with van der Waals surface area (Å²) in [5.74, 6) is 0. The molecule has 0 aliphatic rings. The minimum absolute atomic E-state index is 0.686. The molecule has 146 valence electrons. The summed E-state index contributed by atoms with van der Waals surface area (Å²) in [6.45, 7) is 15.5. The number of hydrogen-bond acceptors (Lipinski definition) is 3. The summed E-state index contributed by atoms with van der Waals surface area (Å²) in [6, 6.07) is 3.68. The van der Waals surface area contributed by atoms with E-state index in [1.54, 1.807) is 0 Å². The molecule has 0 aliphatic carbocycles. The van der Waals surface area contributed by atoms with Gasteiger partial charge in [-0.25, -0.2) is 0 Å². The molecule has 24 heavy (non-hydrogen) atoms. The van der Waals surface area contributed by atoms with Crippen molar-refractivity contribution in [1.82, 2.24) is 0 Å². The third-order valence-corrected chi connectivity index (χ3v) is 11.5. The van der Waals surface area contributed by atoms with Crippen molar-refractivity contribution < 1.29 is 13.3 Å². The average molecular weight is 377 g/mol. The third-order valence-electron chi connectivity index (χ3n) is 4.66. The molecule has 0 saturated heterocycles. The lowest BCUT2D eigenvalue weighted by Gasteiger charge is -2.31. The van der Waals surface area contributed by atoms with E-state index in [1.807, 2.05) is 20.8 Å². The van der Waals surface area contributed by atoms with Gasteiger partial charge in [0.1, 0.15) is 0 Å². The quantitative estimate of drug-likeness (QED) is 0.214. The molecule has 0 N–H and O–H groups in total. The summed E-state index contributed by atoms with van der Waals surface area (Å²) in [4.78, 5) is 0. The van der Waals surface area contributed by atoms with E-state index in [9.17, 15) is 0 Å². The SMILES string of the molecule is CCCCCCCCC[Si](C)(C)CC[Si](OCC)(OCC)OCC. The number of unbranched alkanes of at least 4 members (excludes halogenated alkanes) is 6. The maximum atomic E-state index is 6.00. The van der Waals surface area contributed by atoms with E-state index in [4.69, 9.17) is 13.3 Å². The van der Waals surface area contributed by atoms with Crippen molar-refractivity contribution in [1.29, 1.82) is 0 Å². The Bertz CT molecular complexity index is 269. The molecule has 0 aliphatic heterocycles. The second-order valence-electron chi connectivity index (χ2n) is 7.52. The van der Waals surface area contributed by atoms with E-state index < -0.39 is 16.9 Å². The highest BCUT2D eigenvalue weighted by molar-refractivity contribution is 6.79. The van der Waals surface area contributed by atoms with Gasteiger partial charge in [-0.2, -0.15) is 0 Å². The zero-order chi connectivity index (χ0) is 18.3. The van der Waals surface area contributed by atoms with E-state index in [1.165, 1.54) is 57.0 Å². The van der Waals surface area contributed by atoms with Crippen molar-refractivity contribution >= 4 is 16.9 Å². The molecule has 0 rings (SSSR count). The summed E-state index contributed by atoms with van der Waals surface area (Å²) in [5, 5.41) is 0. The first-order chi connectivity index (χ1) is 11.4. The molecule has 0 aromatic rings. The van der Waals surface area contributed by atoms with Crippen LogP contribution in [-0.2, 0) is 13.3 Å². The van der Waals surface area contributed by atoms with Crippen molar-refractivity contribution in [3.05, 3.63) is 0 Å². The largest absolute Gasteiger partial charge is 0.500 e. The summed E-state index contributed by atoms with van der Waals surface area (Å²) in [6.07, 6.45) is 9.81. The minimum Gasteiger partial charge on any atom is -0.374 e. The van der Waals surface area contributed by atoms with Crippen molar-refractivity contribution in [3.8, 4) is 0 Å². The smallest absolute Gasteiger partial charge is 0.374 e. The van der Waals surface area contributed by atoms with Gasteiger partial charge in [0, 0.05) is 33.9 Å². The van der Waals surface area contributed by atoms with E-state index >= 15 is 0 Å². The normalized spacial score (nSPS) is 12.8. The molecule has 0 radical (unpaired) electrons. The molecular formula is C19H44O3Si2. The van der Waals surface area contributed by atoms with Gasteiger partial charge in [-0.3, -0.25) is 0 Å². The van der Waals surface area contributed by atoms with Gasteiger partial charge >= 0.3 is 8.80 Å². The predicted molar refractivity (Wildman–Crippen MR) is 111 cm³/mol. The minimum atomic E-state index is -2.44. The van der Waals surface area contributed by atoms with Crippen LogP contribution in [-0.4, -0.2) is 36.7 Å². The molecule has 0 unspecified atom stereocenters. The number of hydrogen-bond donors (Lipinski definition) is 0. The Morgan fingerprint density at radius 3 is 1.46 bits per heavy atom. The van der Waals surface area contributed by atoms with Crippen molar-refractivity contribution in [2.45, 2.75) is 104 Å². The fraction of sp³-hybridized carbons (Fsp3) is 1.00. The summed E-state index contributed by atoms with van der Waals surface area (Å²) in [5.41, 5.74) is 0. The second-order valence-corrected chi connectivity index (χ2v) is 15.6. The molecule has 0 fully saturated rings. The molecule has 0 spiro atoms. The van der Waals surface area contributed by atoms with Crippen molar-refractivity contribution in [2.24, 2.45) is 0 Å². The Balaban J connectivity index is 4.20. The Labute approximate surface area is 154 Å². The lowest BCUT2D eigenvalue weighted by molar-refractivity contribution is 0.0724. The monoisotopic (exact) mass is 376 g/mol. The first-order valence-electron chi connectivity index (χ1n) is 10.4. The summed E-state index contributed by atoms with van der Waals surface area (Å²) >= 11 is 0. The predicted octanol–water partition coefficient (Wildman–Crippen LogP) is 6.49. The van der Waals surface area contributed by atoms with Crippen LogP contribution in [0.25, 0.3) is 0 Å². The second kappa shape index (κ2) is 14.5. The van der Waals surface area contributed by atoms with Gasteiger partial charge in [0.25, 0.3) is 0 Å². The lowest BCUT2D eigenvalue weighted by Crippen LogP contribution is -2.47. The Kier molecular flexibility index (Phi) is 14.7. The van der Waals surface area contributed by atoms with Gasteiger partial charge in [0.05, 0.1) is 0 Å². The molecule has 0 atom stereocenters. The van der Waals surface area contributed by atoms with Gasteiger partial charge < -0.3 is 13.3 Å². The zero-order valence-electron chi connectivity index (χ0n) is 17.4. The van der Waals surface area contributed by atoms with Crippen LogP contribution in [0.2, 0.25) is 31.2 Å². The maximum absolute atomic E-state index is 6.00. The van der Waals surface area contributed by atoms with Crippen LogP contribution in [0.4, 0.5) is 0 Å². The van der Waals surface area contributed by atoms with Crippen LogP contribution in [0.15, 0.2) is 0 Å². The van der Waals surface area contributed by atoms with Gasteiger partial charge in [-0.1, -0.05) is 77.1 Å². The van der Waals surface area contributed by atoms with E-state index in [2.05, 4.69) is 20.0 Å². The zero-order valence-corrected chi connectivity index (χ0v) is 19.4. The Morgan fingerprint density at radius 2 is 1.00 bits per heavy atom. The lowest BCUT2D eigenvalue weighted by atomic mass is 10.1. The fourth-order valence-corrected chi connectivity index (χ4v) is 10.6. The van der Waals surface area contributed by atoms with Crippen LogP contribution < -0.4 is 0 Å². The van der Waals surface area contributed by atoms with Gasteiger partial charge in [-0.15, -0.1) is 0 Å². The first kappa shape index (κ1) is 24.3. The maximum Gasteiger partial charge on any atom is 0.500 e. The van der Waals surface area contributed by atoms with Crippen LogP contribution in [0.5, 0.6) is 0 Å². The van der Waals surface area contributed by atoms with E-state index in [0.29, 0.717) is 19.8 Å². The van der Waals surface area contributed by atoms with Crippen molar-refractivity contribution in [2.75, 3.05) is 19.8 Å². The molecular weight excluding hydrogens is 332 g/mol. The topological polar surface area (TPSA) is 27.7 Å². The van der Waals surface area contributed by atoms with Crippen LogP contribution in [0, 0.1) is 0 Å². The summed E-state index contributed by atoms with van der Waals surface area (Å²) < 4.78 is 18.0. The molecule has 5 heteroatoms. The highest BCUT2D eigenvalue weighted by Gasteiger charge is 2.41. The molecule has 0 aromatic heterocycles. The van der Waals surface area contributed by atoms with Gasteiger partial charge in [0.2, 0.25) is 0 Å². The molecule has 0 bridgehead atoms. The van der Waals surface area contributed by atoms with Crippen LogP contribution in [0.3, 0.4) is 0 Å². The van der Waals surface area contributed by atoms with Crippen LogP contribution in [0.1, 0.15) is 72.6 Å². The Hall–Kier alpha value is 0.314. The highest BCUT2D eigenvalue weighted by Crippen LogP contribution is 2.27. The molecule has 0 aromatic carbocycles. The molecule has 0 heterocycles. The standard InChI is InChI=1S/C19H44O3Si2/c1-7-11-12-13-14-15-16-17-23(5,6)18-19-24(20-8-2,21-9-3)22-10-4/h7-19H2,1-6H3. The van der Waals surface area contributed by atoms with Gasteiger partial charge in [-0.05, 0) is 20.8 Å². The molecule has 0 amide bonds. The molecule has 0 saturated carbocycles. The molecule has 3 nitrogen and oxygen atoms in total. The average Bonchev–Trinajstić information content (AvgIpc) is 2.53. The van der Waals surface area contributed by atoms with E-state index in [0.717, 1.165) is 6.04 Å².